The number of rotatable bonds is 8. The number of hydrogen-bond donors (Lipinski definition) is 2. The first-order valence-electron chi connectivity index (χ1n) is 10.5. The fourth-order valence-electron chi connectivity index (χ4n) is 4.95. The SMILES string of the molecule is C/C=C/c1ccc2n(c1=O)C[C@@H]1[C@@H](CO)[C@H](C(=O)NCCOC)[C@H]2N1Cc1nccs1. The number of aromatic nitrogens is 2. The van der Waals surface area contributed by atoms with Crippen molar-refractivity contribution in [3.05, 3.63) is 56.4 Å². The van der Waals surface area contributed by atoms with Crippen LogP contribution < -0.4 is 10.9 Å². The molecule has 2 aliphatic rings. The van der Waals surface area contributed by atoms with E-state index in [1.807, 2.05) is 30.5 Å². The van der Waals surface area contributed by atoms with E-state index in [0.717, 1.165) is 10.7 Å². The number of pyridine rings is 1. The summed E-state index contributed by atoms with van der Waals surface area (Å²) in [6.45, 7) is 3.60. The van der Waals surface area contributed by atoms with Crippen molar-refractivity contribution in [3.63, 3.8) is 0 Å². The second kappa shape index (κ2) is 9.44. The number of aliphatic hydroxyl groups is 1. The summed E-state index contributed by atoms with van der Waals surface area (Å²) in [5, 5.41) is 16.1. The number of carbonyl (C=O) groups is 1. The molecule has 2 aromatic heterocycles. The van der Waals surface area contributed by atoms with Crippen molar-refractivity contribution in [2.75, 3.05) is 26.9 Å². The second-order valence-electron chi connectivity index (χ2n) is 7.90. The minimum Gasteiger partial charge on any atom is -0.396 e. The van der Waals surface area contributed by atoms with Crippen LogP contribution in [-0.2, 0) is 22.6 Å². The van der Waals surface area contributed by atoms with Gasteiger partial charge in [0.05, 0.1) is 25.1 Å². The largest absolute Gasteiger partial charge is 0.396 e. The van der Waals surface area contributed by atoms with Gasteiger partial charge in [0, 0.05) is 61.6 Å². The lowest BCUT2D eigenvalue weighted by atomic mass is 9.86. The Hall–Kier alpha value is -2.33. The summed E-state index contributed by atoms with van der Waals surface area (Å²) in [5.41, 5.74) is 1.38. The molecule has 4 rings (SSSR count). The number of thiazole rings is 1. The summed E-state index contributed by atoms with van der Waals surface area (Å²) in [6, 6.07) is 3.32. The molecule has 2 aromatic rings. The van der Waals surface area contributed by atoms with Gasteiger partial charge < -0.3 is 19.7 Å². The van der Waals surface area contributed by atoms with Gasteiger partial charge in [0.25, 0.3) is 5.56 Å². The lowest BCUT2D eigenvalue weighted by molar-refractivity contribution is -0.127. The van der Waals surface area contributed by atoms with Gasteiger partial charge in [-0.15, -0.1) is 11.3 Å². The van der Waals surface area contributed by atoms with E-state index in [1.54, 1.807) is 35.3 Å². The maximum absolute atomic E-state index is 13.2. The van der Waals surface area contributed by atoms with Gasteiger partial charge in [-0.1, -0.05) is 12.2 Å². The Morgan fingerprint density at radius 2 is 2.29 bits per heavy atom. The number of hydrogen-bond acceptors (Lipinski definition) is 7. The van der Waals surface area contributed by atoms with Crippen molar-refractivity contribution in [1.29, 1.82) is 0 Å². The van der Waals surface area contributed by atoms with Crippen molar-refractivity contribution >= 4 is 23.3 Å². The van der Waals surface area contributed by atoms with Crippen molar-refractivity contribution in [3.8, 4) is 0 Å². The van der Waals surface area contributed by atoms with Crippen LogP contribution >= 0.6 is 11.3 Å². The Bertz CT molecular complexity index is 1000. The third kappa shape index (κ3) is 3.98. The van der Waals surface area contributed by atoms with Gasteiger partial charge in [-0.05, 0) is 19.1 Å². The fourth-order valence-corrected chi connectivity index (χ4v) is 5.57. The van der Waals surface area contributed by atoms with Gasteiger partial charge in [-0.3, -0.25) is 14.5 Å². The Labute approximate surface area is 185 Å². The van der Waals surface area contributed by atoms with E-state index in [4.69, 9.17) is 4.74 Å². The standard InChI is InChI=1S/C22H28N4O4S/c1-3-4-14-5-6-16-20-19(21(28)24-7-9-30-2)15(13-27)17(11-26(16)22(14)29)25(20)12-18-23-8-10-31-18/h3-6,8,10,15,17,19-20,27H,7,9,11-13H2,1-2H3,(H,24,28)/b4-3+/t15-,17-,19+,20+/m1/s1. The number of nitrogens with zero attached hydrogens (tertiary/aromatic N) is 3. The number of methoxy groups -OCH3 is 1. The predicted molar refractivity (Wildman–Crippen MR) is 119 cm³/mol. The predicted octanol–water partition coefficient (Wildman–Crippen LogP) is 1.26. The summed E-state index contributed by atoms with van der Waals surface area (Å²) in [5.74, 6) is -0.865. The number of nitrogens with one attached hydrogen (secondary N) is 1. The zero-order chi connectivity index (χ0) is 22.0. The Morgan fingerprint density at radius 1 is 1.45 bits per heavy atom. The number of amides is 1. The zero-order valence-corrected chi connectivity index (χ0v) is 18.5. The molecule has 0 aliphatic carbocycles. The molecule has 0 unspecified atom stereocenters. The van der Waals surface area contributed by atoms with Crippen LogP contribution in [0.5, 0.6) is 0 Å². The molecule has 166 valence electrons. The summed E-state index contributed by atoms with van der Waals surface area (Å²) >= 11 is 1.57. The van der Waals surface area contributed by atoms with Crippen molar-refractivity contribution in [2.24, 2.45) is 11.8 Å². The van der Waals surface area contributed by atoms with E-state index >= 15 is 0 Å². The smallest absolute Gasteiger partial charge is 0.258 e. The molecular weight excluding hydrogens is 416 g/mol. The molecule has 8 nitrogen and oxygen atoms in total. The van der Waals surface area contributed by atoms with Gasteiger partial charge >= 0.3 is 0 Å². The van der Waals surface area contributed by atoms with E-state index in [9.17, 15) is 14.7 Å². The van der Waals surface area contributed by atoms with Crippen LogP contribution in [0.25, 0.3) is 6.08 Å². The van der Waals surface area contributed by atoms with E-state index < -0.39 is 5.92 Å². The fraction of sp³-hybridized carbons (Fsp3) is 0.500. The number of aliphatic hydroxyl groups excluding tert-OH is 1. The highest BCUT2D eigenvalue weighted by atomic mass is 32.1. The Morgan fingerprint density at radius 3 is 2.97 bits per heavy atom. The highest BCUT2D eigenvalue weighted by molar-refractivity contribution is 7.09. The third-order valence-electron chi connectivity index (χ3n) is 6.26. The normalized spacial score (nSPS) is 25.1. The minimum atomic E-state index is -0.465. The van der Waals surface area contributed by atoms with Crippen LogP contribution in [0.2, 0.25) is 0 Å². The third-order valence-corrected chi connectivity index (χ3v) is 7.02. The van der Waals surface area contributed by atoms with Gasteiger partial charge in [-0.2, -0.15) is 0 Å². The lowest BCUT2D eigenvalue weighted by Crippen LogP contribution is -2.46. The van der Waals surface area contributed by atoms with Gasteiger partial charge in [0.1, 0.15) is 5.01 Å². The topological polar surface area (TPSA) is 96.7 Å². The van der Waals surface area contributed by atoms with Crippen LogP contribution in [0, 0.1) is 11.8 Å². The molecule has 1 saturated heterocycles. The van der Waals surface area contributed by atoms with Gasteiger partial charge in [-0.25, -0.2) is 4.98 Å². The highest BCUT2D eigenvalue weighted by Crippen LogP contribution is 2.49. The molecule has 1 amide bonds. The average Bonchev–Trinajstić information content (AvgIpc) is 3.34. The number of carbonyl (C=O) groups excluding carboxylic acids is 1. The number of allylic oxidation sites excluding steroid dienone is 1. The molecule has 9 heteroatoms. The molecule has 4 heterocycles. The summed E-state index contributed by atoms with van der Waals surface area (Å²) < 4.78 is 6.85. The van der Waals surface area contributed by atoms with Crippen LogP contribution in [0.1, 0.15) is 29.2 Å². The van der Waals surface area contributed by atoms with E-state index in [-0.39, 0.29) is 36.1 Å². The van der Waals surface area contributed by atoms with Crippen LogP contribution in [0.3, 0.4) is 0 Å². The molecule has 0 saturated carbocycles. The second-order valence-corrected chi connectivity index (χ2v) is 8.87. The Balaban J connectivity index is 1.77. The first-order valence-corrected chi connectivity index (χ1v) is 11.4. The van der Waals surface area contributed by atoms with E-state index in [2.05, 4.69) is 15.2 Å². The maximum Gasteiger partial charge on any atom is 0.258 e. The van der Waals surface area contributed by atoms with Crippen LogP contribution in [0.4, 0.5) is 0 Å². The molecule has 0 radical (unpaired) electrons. The molecule has 0 aromatic carbocycles. The molecule has 2 bridgehead atoms. The van der Waals surface area contributed by atoms with Crippen molar-refractivity contribution < 1.29 is 14.6 Å². The Kier molecular flexibility index (Phi) is 6.66. The lowest BCUT2D eigenvalue weighted by Gasteiger charge is -2.37. The van der Waals surface area contributed by atoms with E-state index in [1.165, 1.54) is 0 Å². The molecule has 2 N–H and O–H groups in total. The average molecular weight is 445 g/mol. The number of fused-ring (bicyclic) bond motifs is 4. The van der Waals surface area contributed by atoms with Crippen molar-refractivity contribution in [2.45, 2.75) is 32.1 Å². The van der Waals surface area contributed by atoms with E-state index in [0.29, 0.717) is 31.8 Å². The highest BCUT2D eigenvalue weighted by Gasteiger charge is 2.55. The summed E-state index contributed by atoms with van der Waals surface area (Å²) in [4.78, 5) is 33.0. The maximum atomic E-state index is 13.2. The monoisotopic (exact) mass is 444 g/mol. The van der Waals surface area contributed by atoms with Gasteiger partial charge in [0.2, 0.25) is 5.91 Å². The first kappa shape index (κ1) is 21.9. The molecule has 0 spiro atoms. The molecule has 31 heavy (non-hydrogen) atoms. The zero-order valence-electron chi connectivity index (χ0n) is 17.7. The minimum absolute atomic E-state index is 0.0587. The quantitative estimate of drug-likeness (QED) is 0.595. The molecule has 1 fully saturated rings. The molecule has 2 aliphatic heterocycles. The summed E-state index contributed by atoms with van der Waals surface area (Å²) in [7, 11) is 1.59. The van der Waals surface area contributed by atoms with Crippen molar-refractivity contribution in [1.82, 2.24) is 19.8 Å². The number of ether oxygens (including phenoxy) is 1. The molecular formula is C22H28N4O4S. The first-order chi connectivity index (χ1) is 15.1. The van der Waals surface area contributed by atoms with Crippen LogP contribution in [0.15, 0.2) is 34.6 Å². The van der Waals surface area contributed by atoms with Crippen LogP contribution in [-0.4, -0.2) is 58.4 Å². The van der Waals surface area contributed by atoms with Gasteiger partial charge in [0.15, 0.2) is 0 Å². The molecule has 4 atom stereocenters. The summed E-state index contributed by atoms with van der Waals surface area (Å²) in [6.07, 6.45) is 5.42.